The Kier molecular flexibility index (Phi) is 7.00. The van der Waals surface area contributed by atoms with Gasteiger partial charge in [0.15, 0.2) is 5.16 Å². The molecule has 0 bridgehead atoms. The van der Waals surface area contributed by atoms with Crippen molar-refractivity contribution >= 4 is 23.6 Å². The molecule has 6 nitrogen and oxygen atoms in total. The Bertz CT molecular complexity index is 907. The fourth-order valence-electron chi connectivity index (χ4n) is 4.70. The van der Waals surface area contributed by atoms with Gasteiger partial charge in [-0.1, -0.05) is 30.7 Å². The van der Waals surface area contributed by atoms with Crippen LogP contribution in [0.25, 0.3) is 5.69 Å². The van der Waals surface area contributed by atoms with Crippen LogP contribution in [0.15, 0.2) is 35.7 Å². The number of nitrogens with zero attached hydrogens (tertiary/aromatic N) is 4. The second kappa shape index (κ2) is 9.90. The van der Waals surface area contributed by atoms with E-state index in [1.54, 1.807) is 6.20 Å². The Balaban J connectivity index is 1.28. The van der Waals surface area contributed by atoms with Gasteiger partial charge < -0.3 is 9.80 Å². The maximum atomic E-state index is 12.8. The Morgan fingerprint density at radius 1 is 0.968 bits per heavy atom. The zero-order valence-electron chi connectivity index (χ0n) is 18.5. The van der Waals surface area contributed by atoms with E-state index in [2.05, 4.69) is 37.0 Å². The molecule has 1 aliphatic carbocycles. The standard InChI is InChI=1S/C24H32N4O2S/c1-18-13-19(2)15-21(14-18)28-8-7-25-24(28)31-17-23(30)27-11-9-26(10-12-27)22(29)16-20-5-3-4-6-20/h7-8,13-15,20H,3-6,9-12,16-17H2,1-2H3. The highest BCUT2D eigenvalue weighted by molar-refractivity contribution is 7.99. The molecule has 166 valence electrons. The molecule has 0 N–H and O–H groups in total. The lowest BCUT2D eigenvalue weighted by molar-refractivity contribution is -0.138. The van der Waals surface area contributed by atoms with Crippen molar-refractivity contribution in [1.82, 2.24) is 19.4 Å². The summed E-state index contributed by atoms with van der Waals surface area (Å²) in [5, 5.41) is 0.823. The summed E-state index contributed by atoms with van der Waals surface area (Å²) in [5.41, 5.74) is 3.48. The average molecular weight is 441 g/mol. The molecule has 31 heavy (non-hydrogen) atoms. The summed E-state index contributed by atoms with van der Waals surface area (Å²) >= 11 is 1.47. The molecule has 1 aromatic heterocycles. The van der Waals surface area contributed by atoms with Crippen molar-refractivity contribution in [3.63, 3.8) is 0 Å². The minimum Gasteiger partial charge on any atom is -0.339 e. The first-order chi connectivity index (χ1) is 15.0. The molecule has 2 amide bonds. The number of thioether (sulfide) groups is 1. The van der Waals surface area contributed by atoms with E-state index in [-0.39, 0.29) is 11.8 Å². The molecule has 2 aromatic rings. The third-order valence-electron chi connectivity index (χ3n) is 6.34. The summed E-state index contributed by atoms with van der Waals surface area (Å²) in [6.45, 7) is 6.73. The molecular weight excluding hydrogens is 408 g/mol. The number of benzene rings is 1. The van der Waals surface area contributed by atoms with Crippen molar-refractivity contribution < 1.29 is 9.59 Å². The first kappa shape index (κ1) is 21.9. The van der Waals surface area contributed by atoms with Crippen molar-refractivity contribution in [2.75, 3.05) is 31.9 Å². The SMILES string of the molecule is Cc1cc(C)cc(-n2ccnc2SCC(=O)N2CCN(C(=O)CC3CCCC3)CC2)c1. The number of piperazine rings is 1. The van der Waals surface area contributed by atoms with Gasteiger partial charge in [0, 0.05) is 50.7 Å². The zero-order valence-corrected chi connectivity index (χ0v) is 19.4. The summed E-state index contributed by atoms with van der Waals surface area (Å²) in [5.74, 6) is 1.31. The van der Waals surface area contributed by atoms with Crippen LogP contribution in [0.5, 0.6) is 0 Å². The van der Waals surface area contributed by atoms with Gasteiger partial charge in [-0.05, 0) is 55.9 Å². The van der Waals surface area contributed by atoms with Crippen LogP contribution in [-0.2, 0) is 9.59 Å². The maximum Gasteiger partial charge on any atom is 0.233 e. The summed E-state index contributed by atoms with van der Waals surface area (Å²) in [4.78, 5) is 33.6. The van der Waals surface area contributed by atoms with Crippen molar-refractivity contribution in [3.8, 4) is 5.69 Å². The topological polar surface area (TPSA) is 58.4 Å². The minimum atomic E-state index is 0.114. The molecule has 1 saturated heterocycles. The number of hydrogen-bond donors (Lipinski definition) is 0. The monoisotopic (exact) mass is 440 g/mol. The molecule has 4 rings (SSSR count). The number of aromatic nitrogens is 2. The van der Waals surface area contributed by atoms with Crippen LogP contribution in [0.4, 0.5) is 0 Å². The first-order valence-corrected chi connectivity index (χ1v) is 12.3. The molecule has 0 spiro atoms. The van der Waals surface area contributed by atoms with Crippen molar-refractivity contribution in [2.24, 2.45) is 5.92 Å². The first-order valence-electron chi connectivity index (χ1n) is 11.3. The molecule has 0 atom stereocenters. The Morgan fingerprint density at radius 2 is 1.58 bits per heavy atom. The molecular formula is C24H32N4O2S. The molecule has 1 aliphatic heterocycles. The number of carbonyl (C=O) groups is 2. The van der Waals surface area contributed by atoms with Crippen LogP contribution < -0.4 is 0 Å². The second-order valence-corrected chi connectivity index (χ2v) is 9.77. The average Bonchev–Trinajstić information content (AvgIpc) is 3.43. The van der Waals surface area contributed by atoms with Gasteiger partial charge in [-0.3, -0.25) is 14.2 Å². The maximum absolute atomic E-state index is 12.8. The summed E-state index contributed by atoms with van der Waals surface area (Å²) < 4.78 is 2.04. The number of carbonyl (C=O) groups excluding carboxylic acids is 2. The van der Waals surface area contributed by atoms with E-state index in [4.69, 9.17) is 0 Å². The molecule has 1 aromatic carbocycles. The van der Waals surface area contributed by atoms with Gasteiger partial charge in [-0.15, -0.1) is 0 Å². The van der Waals surface area contributed by atoms with Gasteiger partial charge in [-0.25, -0.2) is 4.98 Å². The van der Waals surface area contributed by atoms with Crippen molar-refractivity contribution in [3.05, 3.63) is 41.7 Å². The zero-order chi connectivity index (χ0) is 21.8. The van der Waals surface area contributed by atoms with Crippen LogP contribution in [-0.4, -0.2) is 63.1 Å². The van der Waals surface area contributed by atoms with E-state index >= 15 is 0 Å². The van der Waals surface area contributed by atoms with Gasteiger partial charge in [0.1, 0.15) is 0 Å². The van der Waals surface area contributed by atoms with Gasteiger partial charge in [0.2, 0.25) is 11.8 Å². The van der Waals surface area contributed by atoms with Gasteiger partial charge in [0.25, 0.3) is 0 Å². The summed E-state index contributed by atoms with van der Waals surface area (Å²) in [6, 6.07) is 6.40. The van der Waals surface area contributed by atoms with Gasteiger partial charge >= 0.3 is 0 Å². The molecule has 0 unspecified atom stereocenters. The van der Waals surface area contributed by atoms with Crippen LogP contribution in [0.2, 0.25) is 0 Å². The molecule has 2 fully saturated rings. The second-order valence-electron chi connectivity index (χ2n) is 8.83. The number of imidazole rings is 1. The summed E-state index contributed by atoms with van der Waals surface area (Å²) in [6.07, 6.45) is 9.32. The number of amides is 2. The predicted octanol–water partition coefficient (Wildman–Crippen LogP) is 3.83. The highest BCUT2D eigenvalue weighted by Crippen LogP contribution is 2.28. The number of aryl methyl sites for hydroxylation is 2. The fraction of sp³-hybridized carbons (Fsp3) is 0.542. The minimum absolute atomic E-state index is 0.114. The smallest absolute Gasteiger partial charge is 0.233 e. The van der Waals surface area contributed by atoms with E-state index < -0.39 is 0 Å². The normalized spacial score (nSPS) is 17.4. The Hall–Kier alpha value is -2.28. The molecule has 7 heteroatoms. The fourth-order valence-corrected chi connectivity index (χ4v) is 5.57. The van der Waals surface area contributed by atoms with Crippen molar-refractivity contribution in [1.29, 1.82) is 0 Å². The third kappa shape index (κ3) is 5.50. The molecule has 2 heterocycles. The van der Waals surface area contributed by atoms with E-state index in [1.165, 1.54) is 48.6 Å². The van der Waals surface area contributed by atoms with E-state index in [0.717, 1.165) is 10.8 Å². The molecule has 0 radical (unpaired) electrons. The van der Waals surface area contributed by atoms with E-state index in [0.29, 0.717) is 44.3 Å². The van der Waals surface area contributed by atoms with E-state index in [1.807, 2.05) is 20.6 Å². The molecule has 1 saturated carbocycles. The van der Waals surface area contributed by atoms with Crippen LogP contribution in [0, 0.1) is 19.8 Å². The number of hydrogen-bond acceptors (Lipinski definition) is 4. The molecule has 2 aliphatic rings. The highest BCUT2D eigenvalue weighted by atomic mass is 32.2. The Morgan fingerprint density at radius 3 is 2.23 bits per heavy atom. The third-order valence-corrected chi connectivity index (χ3v) is 7.29. The van der Waals surface area contributed by atoms with Gasteiger partial charge in [-0.2, -0.15) is 0 Å². The van der Waals surface area contributed by atoms with Crippen LogP contribution >= 0.6 is 11.8 Å². The lowest BCUT2D eigenvalue weighted by Gasteiger charge is -2.35. The lowest BCUT2D eigenvalue weighted by Crippen LogP contribution is -2.51. The van der Waals surface area contributed by atoms with Crippen LogP contribution in [0.1, 0.15) is 43.2 Å². The van der Waals surface area contributed by atoms with E-state index in [9.17, 15) is 9.59 Å². The Labute approximate surface area is 189 Å². The van der Waals surface area contributed by atoms with Crippen molar-refractivity contribution in [2.45, 2.75) is 51.1 Å². The summed E-state index contributed by atoms with van der Waals surface area (Å²) in [7, 11) is 0. The quantitative estimate of drug-likeness (QED) is 0.641. The van der Waals surface area contributed by atoms with Gasteiger partial charge in [0.05, 0.1) is 5.75 Å². The number of rotatable bonds is 6. The highest BCUT2D eigenvalue weighted by Gasteiger charge is 2.27. The lowest BCUT2D eigenvalue weighted by atomic mass is 10.0. The predicted molar refractivity (Wildman–Crippen MR) is 123 cm³/mol. The van der Waals surface area contributed by atoms with Crippen LogP contribution in [0.3, 0.4) is 0 Å². The largest absolute Gasteiger partial charge is 0.339 e.